The van der Waals surface area contributed by atoms with E-state index in [1.807, 2.05) is 31.1 Å². The summed E-state index contributed by atoms with van der Waals surface area (Å²) in [7, 11) is 3.81. The van der Waals surface area contributed by atoms with Gasteiger partial charge in [-0.3, -0.25) is 9.36 Å². The molecule has 1 aromatic heterocycles. The van der Waals surface area contributed by atoms with Gasteiger partial charge in [0.25, 0.3) is 0 Å². The van der Waals surface area contributed by atoms with Crippen LogP contribution in [0.3, 0.4) is 0 Å². The summed E-state index contributed by atoms with van der Waals surface area (Å²) in [5, 5.41) is 2.60. The van der Waals surface area contributed by atoms with Gasteiger partial charge in [0, 0.05) is 44.7 Å². The number of imidazole rings is 1. The monoisotopic (exact) mass is 669 g/mol. The van der Waals surface area contributed by atoms with Gasteiger partial charge in [-0.2, -0.15) is 26.3 Å². The number of nitrogens with two attached hydrogens (primary N) is 1. The van der Waals surface area contributed by atoms with Gasteiger partial charge in [0.1, 0.15) is 6.04 Å². The van der Waals surface area contributed by atoms with E-state index in [4.69, 9.17) is 5.73 Å². The molecule has 256 valence electrons. The first-order valence-electron chi connectivity index (χ1n) is 15.3. The molecule has 4 N–H and O–H groups in total. The molecular formula is C31H37F6N7O3. The van der Waals surface area contributed by atoms with Crippen LogP contribution >= 0.6 is 0 Å². The SMILES string of the molecule is CN(C)C1CCN(C(=O)[C@@H](Cc2cc(C(F)(F)F)c(N)c(C(F)(F)F)c2)NC(=O)N2CCC(n3c(=O)[nH]c4ccccc43)CC2)CC1. The number of likely N-dealkylation sites (tertiary alicyclic amines) is 2. The molecule has 2 aliphatic rings. The maximum Gasteiger partial charge on any atom is 0.418 e. The second-order valence-corrected chi connectivity index (χ2v) is 12.4. The first-order valence-corrected chi connectivity index (χ1v) is 15.3. The van der Waals surface area contributed by atoms with Gasteiger partial charge in [0.05, 0.1) is 27.8 Å². The van der Waals surface area contributed by atoms with Crippen LogP contribution in [0.4, 0.5) is 36.8 Å². The summed E-state index contributed by atoms with van der Waals surface area (Å²) in [5.74, 6) is -0.602. The van der Waals surface area contributed by atoms with E-state index in [1.54, 1.807) is 16.7 Å². The second-order valence-electron chi connectivity index (χ2n) is 12.4. The van der Waals surface area contributed by atoms with Gasteiger partial charge in [0.2, 0.25) is 5.91 Å². The molecular weight excluding hydrogens is 632 g/mol. The topological polar surface area (TPSA) is 120 Å². The van der Waals surface area contributed by atoms with Gasteiger partial charge in [-0.05, 0) is 69.6 Å². The zero-order valence-electron chi connectivity index (χ0n) is 25.9. The molecule has 3 heterocycles. The number of hydrogen-bond donors (Lipinski definition) is 3. The average molecular weight is 670 g/mol. The molecule has 10 nitrogen and oxygen atoms in total. The number of rotatable bonds is 6. The third kappa shape index (κ3) is 7.36. The van der Waals surface area contributed by atoms with Gasteiger partial charge in [-0.15, -0.1) is 0 Å². The van der Waals surface area contributed by atoms with Crippen molar-refractivity contribution in [1.82, 2.24) is 29.6 Å². The van der Waals surface area contributed by atoms with Crippen LogP contribution in [0.15, 0.2) is 41.2 Å². The van der Waals surface area contributed by atoms with Crippen molar-refractivity contribution in [2.75, 3.05) is 46.0 Å². The standard InChI is InChI=1S/C31H37F6N7O3/c1-41(2)19-7-11-42(12-8-19)27(45)24(17-18-15-21(30(32,33)34)26(38)22(16-18)31(35,36)37)40-28(46)43-13-9-20(10-14-43)44-25-6-4-3-5-23(25)39-29(44)47/h3-6,15-16,19-20,24H,7-14,17,38H2,1-2H3,(H,39,47)(H,40,46)/t24-/m1/s1. The second kappa shape index (κ2) is 13.1. The van der Waals surface area contributed by atoms with Crippen LogP contribution in [-0.4, -0.2) is 88.5 Å². The minimum absolute atomic E-state index is 0.193. The lowest BCUT2D eigenvalue weighted by Crippen LogP contribution is -2.56. The summed E-state index contributed by atoms with van der Waals surface area (Å²) in [6, 6.07) is 6.06. The van der Waals surface area contributed by atoms with Crippen molar-refractivity contribution in [3.8, 4) is 0 Å². The molecule has 3 aromatic rings. The molecule has 2 aromatic carbocycles. The molecule has 16 heteroatoms. The zero-order chi connectivity index (χ0) is 34.3. The minimum Gasteiger partial charge on any atom is -0.398 e. The fraction of sp³-hybridized carbons (Fsp3) is 0.516. The van der Waals surface area contributed by atoms with Crippen LogP contribution in [0.5, 0.6) is 0 Å². The van der Waals surface area contributed by atoms with E-state index >= 15 is 0 Å². The van der Waals surface area contributed by atoms with Crippen LogP contribution in [-0.2, 0) is 23.6 Å². The van der Waals surface area contributed by atoms with Gasteiger partial charge < -0.3 is 30.7 Å². The molecule has 3 amide bonds. The van der Waals surface area contributed by atoms with Crippen molar-refractivity contribution in [2.24, 2.45) is 0 Å². The van der Waals surface area contributed by atoms with E-state index in [1.165, 1.54) is 9.80 Å². The molecule has 0 unspecified atom stereocenters. The van der Waals surface area contributed by atoms with Gasteiger partial charge in [-0.1, -0.05) is 12.1 Å². The lowest BCUT2D eigenvalue weighted by molar-refractivity contribution is -0.141. The van der Waals surface area contributed by atoms with Crippen LogP contribution < -0.4 is 16.7 Å². The number of nitrogens with zero attached hydrogens (tertiary/aromatic N) is 4. The van der Waals surface area contributed by atoms with E-state index in [0.29, 0.717) is 56.4 Å². The largest absolute Gasteiger partial charge is 0.418 e. The van der Waals surface area contributed by atoms with Crippen LogP contribution in [0.1, 0.15) is 48.4 Å². The Labute approximate surface area is 266 Å². The van der Waals surface area contributed by atoms with Crippen LogP contribution in [0.2, 0.25) is 0 Å². The third-order valence-electron chi connectivity index (χ3n) is 9.13. The van der Waals surface area contributed by atoms with Crippen molar-refractivity contribution in [3.05, 3.63) is 63.6 Å². The lowest BCUT2D eigenvalue weighted by Gasteiger charge is -2.38. The number of aromatic amines is 1. The highest BCUT2D eigenvalue weighted by Crippen LogP contribution is 2.42. The number of nitrogen functional groups attached to an aromatic ring is 1. The predicted octanol–water partition coefficient (Wildman–Crippen LogP) is 4.46. The quantitative estimate of drug-likeness (QED) is 0.265. The summed E-state index contributed by atoms with van der Waals surface area (Å²) in [5.41, 5.74) is 1.21. The van der Waals surface area contributed by atoms with E-state index in [9.17, 15) is 40.7 Å². The molecule has 2 saturated heterocycles. The highest BCUT2D eigenvalue weighted by molar-refractivity contribution is 5.87. The lowest BCUT2D eigenvalue weighted by atomic mass is 9.96. The molecule has 2 aliphatic heterocycles. The number of fused-ring (bicyclic) bond motifs is 1. The number of aromatic nitrogens is 2. The molecule has 0 aliphatic carbocycles. The minimum atomic E-state index is -5.19. The summed E-state index contributed by atoms with van der Waals surface area (Å²) in [6.45, 7) is 1.02. The summed E-state index contributed by atoms with van der Waals surface area (Å²) < 4.78 is 84.2. The Morgan fingerprint density at radius 2 is 1.49 bits per heavy atom. The number of para-hydroxylation sites is 2. The number of urea groups is 1. The highest BCUT2D eigenvalue weighted by Gasteiger charge is 2.41. The highest BCUT2D eigenvalue weighted by atomic mass is 19.4. The molecule has 2 fully saturated rings. The van der Waals surface area contributed by atoms with Crippen molar-refractivity contribution in [2.45, 2.75) is 62.6 Å². The summed E-state index contributed by atoms with van der Waals surface area (Å²) in [6.07, 6.45) is -8.95. The summed E-state index contributed by atoms with van der Waals surface area (Å²) >= 11 is 0. The number of H-pyrrole nitrogens is 1. The Morgan fingerprint density at radius 1 is 0.936 bits per heavy atom. The molecule has 0 bridgehead atoms. The first-order chi connectivity index (χ1) is 22.0. The number of alkyl halides is 6. The van der Waals surface area contributed by atoms with Crippen molar-refractivity contribution in [3.63, 3.8) is 0 Å². The van der Waals surface area contributed by atoms with Crippen LogP contribution in [0, 0.1) is 0 Å². The average Bonchev–Trinajstić information content (AvgIpc) is 3.35. The van der Waals surface area contributed by atoms with Crippen molar-refractivity contribution < 1.29 is 35.9 Å². The number of nitrogens with one attached hydrogen (secondary N) is 2. The van der Waals surface area contributed by atoms with Crippen molar-refractivity contribution >= 4 is 28.7 Å². The van der Waals surface area contributed by atoms with Gasteiger partial charge in [0.15, 0.2) is 0 Å². The Bertz CT molecular complexity index is 1630. The number of carbonyl (C=O) groups is 2. The first kappa shape index (κ1) is 34.1. The number of anilines is 1. The Hall–Kier alpha value is -4.21. The fourth-order valence-corrected chi connectivity index (χ4v) is 6.56. The molecule has 0 spiro atoms. The number of piperidine rings is 2. The molecule has 0 radical (unpaired) electrons. The van der Waals surface area contributed by atoms with E-state index in [0.717, 1.165) is 5.52 Å². The molecule has 47 heavy (non-hydrogen) atoms. The van der Waals surface area contributed by atoms with E-state index in [2.05, 4.69) is 10.3 Å². The maximum absolute atomic E-state index is 13.8. The number of hydrogen-bond acceptors (Lipinski definition) is 5. The number of benzene rings is 2. The maximum atomic E-state index is 13.8. The third-order valence-corrected chi connectivity index (χ3v) is 9.13. The number of halogens is 6. The smallest absolute Gasteiger partial charge is 0.398 e. The Balaban J connectivity index is 1.37. The van der Waals surface area contributed by atoms with Crippen molar-refractivity contribution in [1.29, 1.82) is 0 Å². The molecule has 5 rings (SSSR count). The normalized spacial score (nSPS) is 17.8. The van der Waals surface area contributed by atoms with Gasteiger partial charge in [-0.25, -0.2) is 9.59 Å². The van der Waals surface area contributed by atoms with E-state index < -0.39 is 59.1 Å². The molecule has 0 saturated carbocycles. The predicted molar refractivity (Wildman–Crippen MR) is 163 cm³/mol. The number of amides is 3. The van der Waals surface area contributed by atoms with Crippen LogP contribution in [0.25, 0.3) is 11.0 Å². The fourth-order valence-electron chi connectivity index (χ4n) is 6.56. The number of carbonyl (C=O) groups excluding carboxylic acids is 2. The zero-order valence-corrected chi connectivity index (χ0v) is 25.9. The Morgan fingerprint density at radius 3 is 2.04 bits per heavy atom. The summed E-state index contributed by atoms with van der Waals surface area (Å²) in [4.78, 5) is 47.7. The molecule has 1 atom stereocenters. The van der Waals surface area contributed by atoms with E-state index in [-0.39, 0.29) is 30.9 Å². The Kier molecular flexibility index (Phi) is 9.53. The van der Waals surface area contributed by atoms with Gasteiger partial charge >= 0.3 is 24.1 Å².